The van der Waals surface area contributed by atoms with Crippen molar-refractivity contribution in [3.8, 4) is 0 Å². The van der Waals surface area contributed by atoms with Crippen molar-refractivity contribution in [2.75, 3.05) is 0 Å². The number of nitrogens with one attached hydrogen (secondary N) is 1. The number of benzene rings is 2. The van der Waals surface area contributed by atoms with Crippen molar-refractivity contribution in [1.29, 1.82) is 0 Å². The smallest absolute Gasteiger partial charge is 0.240 e. The maximum absolute atomic E-state index is 13.5. The Bertz CT molecular complexity index is 1610. The van der Waals surface area contributed by atoms with Crippen molar-refractivity contribution in [3.63, 3.8) is 0 Å². The molecule has 2 aromatic heterocycles. The van der Waals surface area contributed by atoms with E-state index in [9.17, 15) is 18.0 Å². The molecule has 4 aromatic rings. The van der Waals surface area contributed by atoms with Crippen LogP contribution in [0.4, 0.5) is 0 Å². The predicted molar refractivity (Wildman–Crippen MR) is 140 cm³/mol. The molecular weight excluding hydrogens is 498 g/mol. The molecule has 0 fully saturated rings. The zero-order chi connectivity index (χ0) is 26.0. The Kier molecular flexibility index (Phi) is 7.28. The fourth-order valence-corrected chi connectivity index (χ4v) is 5.42. The number of amides is 1. The molecule has 2 heterocycles. The monoisotopic (exact) mass is 523 g/mol. The van der Waals surface area contributed by atoms with Gasteiger partial charge >= 0.3 is 0 Å². The van der Waals surface area contributed by atoms with E-state index >= 15 is 0 Å². The number of sulfone groups is 1. The Hall–Kier alpha value is -3.49. The van der Waals surface area contributed by atoms with Crippen LogP contribution in [0.2, 0.25) is 5.02 Å². The third-order valence-corrected chi connectivity index (χ3v) is 8.05. The number of halogens is 1. The highest BCUT2D eigenvalue weighted by atomic mass is 35.5. The van der Waals surface area contributed by atoms with Gasteiger partial charge in [0.2, 0.25) is 21.2 Å². The third-order valence-electron chi connectivity index (χ3n) is 5.92. The molecule has 0 aliphatic rings. The minimum absolute atomic E-state index is 0.0122. The first-order valence-electron chi connectivity index (χ1n) is 11.4. The molecule has 2 aromatic carbocycles. The second-order valence-corrected chi connectivity index (χ2v) is 11.2. The fraction of sp³-hybridized carbons (Fsp3) is 0.222. The van der Waals surface area contributed by atoms with E-state index in [1.807, 2.05) is 19.9 Å². The molecule has 0 atom stereocenters. The van der Waals surface area contributed by atoms with Gasteiger partial charge in [0.25, 0.3) is 0 Å². The molecule has 0 bridgehead atoms. The molecule has 0 aliphatic carbocycles. The van der Waals surface area contributed by atoms with Crippen molar-refractivity contribution in [3.05, 3.63) is 98.9 Å². The largest absolute Gasteiger partial charge is 0.350 e. The maximum Gasteiger partial charge on any atom is 0.240 e. The lowest BCUT2D eigenvalue weighted by atomic mass is 10.0. The van der Waals surface area contributed by atoms with Crippen molar-refractivity contribution in [2.45, 2.75) is 49.6 Å². The Balaban J connectivity index is 1.74. The van der Waals surface area contributed by atoms with Crippen LogP contribution in [0.15, 0.2) is 81.4 Å². The maximum atomic E-state index is 13.5. The van der Waals surface area contributed by atoms with Gasteiger partial charge in [0.05, 0.1) is 10.3 Å². The van der Waals surface area contributed by atoms with Crippen LogP contribution in [-0.4, -0.2) is 23.9 Å². The van der Waals surface area contributed by atoms with Crippen LogP contribution in [0.3, 0.4) is 0 Å². The summed E-state index contributed by atoms with van der Waals surface area (Å²) >= 11 is 6.17. The molecule has 1 amide bonds. The molecule has 9 heteroatoms. The molecule has 0 spiro atoms. The molecule has 7 nitrogen and oxygen atoms in total. The zero-order valence-electron chi connectivity index (χ0n) is 20.2. The van der Waals surface area contributed by atoms with Gasteiger partial charge in [-0.05, 0) is 54.3 Å². The molecule has 0 aliphatic heterocycles. The Morgan fingerprint density at radius 2 is 1.75 bits per heavy atom. The number of rotatable bonds is 7. The minimum Gasteiger partial charge on any atom is -0.350 e. The van der Waals surface area contributed by atoms with E-state index in [0.29, 0.717) is 10.7 Å². The van der Waals surface area contributed by atoms with E-state index in [2.05, 4.69) is 10.3 Å². The van der Waals surface area contributed by atoms with Crippen molar-refractivity contribution in [2.24, 2.45) is 0 Å². The number of carbonyl (C=O) groups is 1. The summed E-state index contributed by atoms with van der Waals surface area (Å²) in [6.07, 6.45) is 1.21. The number of aromatic nitrogens is 2. The highest BCUT2D eigenvalue weighted by Gasteiger charge is 2.25. The van der Waals surface area contributed by atoms with Gasteiger partial charge < -0.3 is 9.88 Å². The van der Waals surface area contributed by atoms with Gasteiger partial charge in [0, 0.05) is 23.5 Å². The third kappa shape index (κ3) is 5.20. The van der Waals surface area contributed by atoms with Crippen LogP contribution < -0.4 is 10.7 Å². The number of fused-ring (bicyclic) bond motifs is 1. The quantitative estimate of drug-likeness (QED) is 0.381. The SMILES string of the molecule is Cc1ccc2c(=O)c(S(=O)(=O)c3ccc(C(C)C)cc3)cn(CC(=O)NCc3ccccc3Cl)c2n1. The van der Waals surface area contributed by atoms with Crippen molar-refractivity contribution >= 4 is 38.4 Å². The molecule has 186 valence electrons. The predicted octanol–water partition coefficient (Wildman–Crippen LogP) is 4.63. The van der Waals surface area contributed by atoms with Crippen LogP contribution in [0.25, 0.3) is 11.0 Å². The highest BCUT2D eigenvalue weighted by molar-refractivity contribution is 7.91. The summed E-state index contributed by atoms with van der Waals surface area (Å²) in [5.41, 5.74) is 1.95. The molecule has 0 saturated heterocycles. The Morgan fingerprint density at radius 3 is 2.42 bits per heavy atom. The Labute approximate surface area is 214 Å². The molecule has 0 saturated carbocycles. The van der Waals surface area contributed by atoms with E-state index in [0.717, 1.165) is 11.1 Å². The zero-order valence-corrected chi connectivity index (χ0v) is 21.7. The number of nitrogens with zero attached hydrogens (tertiary/aromatic N) is 2. The van der Waals surface area contributed by atoms with E-state index < -0.39 is 20.2 Å². The van der Waals surface area contributed by atoms with Crippen LogP contribution in [0.5, 0.6) is 0 Å². The lowest BCUT2D eigenvalue weighted by Crippen LogP contribution is -2.29. The summed E-state index contributed by atoms with van der Waals surface area (Å²) in [5, 5.41) is 3.44. The van der Waals surface area contributed by atoms with Gasteiger partial charge in [-0.25, -0.2) is 13.4 Å². The summed E-state index contributed by atoms with van der Waals surface area (Å²) in [5.74, 6) is -0.147. The van der Waals surface area contributed by atoms with Gasteiger partial charge in [-0.15, -0.1) is 0 Å². The number of hydrogen-bond acceptors (Lipinski definition) is 5. The molecular formula is C27H26ClN3O4S. The number of carbonyl (C=O) groups excluding carboxylic acids is 1. The topological polar surface area (TPSA) is 98.1 Å². The normalized spacial score (nSPS) is 11.7. The second kappa shape index (κ2) is 10.2. The van der Waals surface area contributed by atoms with Crippen LogP contribution in [0, 0.1) is 6.92 Å². The van der Waals surface area contributed by atoms with Crippen molar-refractivity contribution in [1.82, 2.24) is 14.9 Å². The lowest BCUT2D eigenvalue weighted by Gasteiger charge is -2.14. The van der Waals surface area contributed by atoms with Crippen LogP contribution in [-0.2, 0) is 27.7 Å². The van der Waals surface area contributed by atoms with Crippen LogP contribution in [0.1, 0.15) is 36.6 Å². The minimum atomic E-state index is -4.14. The van der Waals surface area contributed by atoms with Crippen molar-refractivity contribution < 1.29 is 13.2 Å². The molecule has 0 radical (unpaired) electrons. The first-order valence-corrected chi connectivity index (χ1v) is 13.3. The van der Waals surface area contributed by atoms with Gasteiger partial charge in [0.15, 0.2) is 0 Å². The standard InChI is InChI=1S/C27H26ClN3O4S/c1-17(2)19-9-11-21(12-10-19)36(34,35)24-15-31(27-22(26(24)33)13-8-18(3)30-27)16-25(32)29-14-20-6-4-5-7-23(20)28/h4-13,15,17H,14,16H2,1-3H3,(H,29,32). The van der Waals surface area contributed by atoms with E-state index in [-0.39, 0.29) is 40.8 Å². The summed E-state index contributed by atoms with van der Waals surface area (Å²) in [7, 11) is -4.14. The summed E-state index contributed by atoms with van der Waals surface area (Å²) in [4.78, 5) is 30.1. The fourth-order valence-electron chi connectivity index (χ4n) is 3.85. The Morgan fingerprint density at radius 1 is 1.06 bits per heavy atom. The van der Waals surface area contributed by atoms with E-state index in [1.54, 1.807) is 49.4 Å². The summed E-state index contributed by atoms with van der Waals surface area (Å²) in [6.45, 7) is 5.75. The molecule has 0 unspecified atom stereocenters. The second-order valence-electron chi connectivity index (χ2n) is 8.87. The first-order chi connectivity index (χ1) is 17.1. The average molecular weight is 524 g/mol. The van der Waals surface area contributed by atoms with Gasteiger partial charge in [-0.2, -0.15) is 0 Å². The molecule has 36 heavy (non-hydrogen) atoms. The first kappa shape index (κ1) is 25.6. The van der Waals surface area contributed by atoms with Gasteiger partial charge in [0.1, 0.15) is 17.1 Å². The van der Waals surface area contributed by atoms with Gasteiger partial charge in [-0.3, -0.25) is 9.59 Å². The number of aryl methyl sites for hydroxylation is 1. The highest BCUT2D eigenvalue weighted by Crippen LogP contribution is 2.23. The summed E-state index contributed by atoms with van der Waals surface area (Å²) < 4.78 is 28.4. The summed E-state index contributed by atoms with van der Waals surface area (Å²) in [6, 6.07) is 16.8. The van der Waals surface area contributed by atoms with E-state index in [1.165, 1.54) is 22.9 Å². The molecule has 4 rings (SSSR count). The molecule has 1 N–H and O–H groups in total. The average Bonchev–Trinajstić information content (AvgIpc) is 2.85. The number of hydrogen-bond donors (Lipinski definition) is 1. The van der Waals surface area contributed by atoms with E-state index in [4.69, 9.17) is 11.6 Å². The lowest BCUT2D eigenvalue weighted by molar-refractivity contribution is -0.121. The number of pyridine rings is 2. The van der Waals surface area contributed by atoms with Gasteiger partial charge in [-0.1, -0.05) is 55.8 Å². The van der Waals surface area contributed by atoms with Crippen LogP contribution >= 0.6 is 11.6 Å².